The number of hydrogen-bond acceptors (Lipinski definition) is 2. The Morgan fingerprint density at radius 1 is 0.844 bits per heavy atom. The first kappa shape index (κ1) is 23.5. The molecule has 0 radical (unpaired) electrons. The minimum Gasteiger partial charge on any atom is -0.491 e. The molecule has 3 rings (SSSR count). The van der Waals surface area contributed by atoms with Crippen LogP contribution in [0.15, 0.2) is 60.7 Å². The van der Waals surface area contributed by atoms with E-state index in [-0.39, 0.29) is 13.0 Å². The Balaban J connectivity index is 1.73. The Morgan fingerprint density at radius 2 is 1.38 bits per heavy atom. The van der Waals surface area contributed by atoms with Crippen LogP contribution in [0.4, 0.5) is 17.6 Å². The molecule has 0 atom stereocenters. The fourth-order valence-corrected chi connectivity index (χ4v) is 3.48. The molecule has 0 bridgehead atoms. The number of hydrogen-bond donors (Lipinski definition) is 0. The molecule has 0 aliphatic heterocycles. The lowest BCUT2D eigenvalue weighted by Crippen LogP contribution is -2.18. The smallest absolute Gasteiger partial charge is 0.420 e. The zero-order chi connectivity index (χ0) is 23.3. The minimum absolute atomic E-state index is 0.0117. The van der Waals surface area contributed by atoms with Crippen LogP contribution in [0.25, 0.3) is 0 Å². The van der Waals surface area contributed by atoms with E-state index in [0.29, 0.717) is 5.56 Å². The van der Waals surface area contributed by atoms with E-state index in [4.69, 9.17) is 4.74 Å². The molecule has 0 heterocycles. The van der Waals surface area contributed by atoms with E-state index >= 15 is 0 Å². The monoisotopic (exact) mass is 444 g/mol. The molecule has 3 aromatic carbocycles. The van der Waals surface area contributed by atoms with Gasteiger partial charge in [0.05, 0.1) is 6.61 Å². The van der Waals surface area contributed by atoms with Crippen molar-refractivity contribution in [1.29, 1.82) is 0 Å². The summed E-state index contributed by atoms with van der Waals surface area (Å²) in [6, 6.07) is 17.5. The van der Waals surface area contributed by atoms with Crippen molar-refractivity contribution in [2.45, 2.75) is 39.3 Å². The molecule has 0 N–H and O–H groups in total. The molecular formula is C26H24F4O2. The molecule has 0 spiro atoms. The maximum absolute atomic E-state index is 14.4. The molecule has 168 valence electrons. The SMILES string of the molecule is CCOc1ccc(C(=O)Cc2ccc(CCc3ccc(C)cc3)cc2)c(C(F)(F)F)c1F. The van der Waals surface area contributed by atoms with Gasteiger partial charge in [-0.15, -0.1) is 0 Å². The molecule has 0 fully saturated rings. The Morgan fingerprint density at radius 3 is 1.91 bits per heavy atom. The van der Waals surface area contributed by atoms with E-state index in [9.17, 15) is 22.4 Å². The van der Waals surface area contributed by atoms with Crippen molar-refractivity contribution < 1.29 is 27.1 Å². The van der Waals surface area contributed by atoms with Crippen LogP contribution in [0, 0.1) is 12.7 Å². The summed E-state index contributed by atoms with van der Waals surface area (Å²) in [6.45, 7) is 3.58. The van der Waals surface area contributed by atoms with Crippen molar-refractivity contribution >= 4 is 5.78 Å². The minimum atomic E-state index is -5.01. The second kappa shape index (κ2) is 9.98. The van der Waals surface area contributed by atoms with Crippen molar-refractivity contribution in [3.8, 4) is 5.75 Å². The van der Waals surface area contributed by atoms with E-state index in [0.717, 1.165) is 30.5 Å². The number of halogens is 4. The lowest BCUT2D eigenvalue weighted by molar-refractivity contribution is -0.140. The van der Waals surface area contributed by atoms with Crippen LogP contribution in [0.5, 0.6) is 5.75 Å². The molecule has 3 aromatic rings. The zero-order valence-corrected chi connectivity index (χ0v) is 17.9. The fraction of sp³-hybridized carbons (Fsp3) is 0.269. The van der Waals surface area contributed by atoms with Crippen LogP contribution in [-0.4, -0.2) is 12.4 Å². The van der Waals surface area contributed by atoms with Gasteiger partial charge in [0.1, 0.15) is 5.56 Å². The summed E-state index contributed by atoms with van der Waals surface area (Å²) in [6.07, 6.45) is -3.60. The maximum atomic E-state index is 14.4. The van der Waals surface area contributed by atoms with Gasteiger partial charge in [-0.3, -0.25) is 4.79 Å². The van der Waals surface area contributed by atoms with Gasteiger partial charge >= 0.3 is 6.18 Å². The Bertz CT molecular complexity index is 1070. The quantitative estimate of drug-likeness (QED) is 0.283. The predicted molar refractivity (Wildman–Crippen MR) is 116 cm³/mol. The number of alkyl halides is 3. The number of Topliss-reactive ketones (excluding diaryl/α,β-unsaturated/α-hetero) is 1. The highest BCUT2D eigenvalue weighted by atomic mass is 19.4. The molecule has 6 heteroatoms. The average Bonchev–Trinajstić information content (AvgIpc) is 2.75. The van der Waals surface area contributed by atoms with Crippen LogP contribution >= 0.6 is 0 Å². The van der Waals surface area contributed by atoms with E-state index in [1.165, 1.54) is 18.1 Å². The van der Waals surface area contributed by atoms with Gasteiger partial charge < -0.3 is 4.74 Å². The highest BCUT2D eigenvalue weighted by Crippen LogP contribution is 2.38. The number of ether oxygens (including phenoxy) is 1. The van der Waals surface area contributed by atoms with Gasteiger partial charge in [-0.2, -0.15) is 13.2 Å². The molecule has 32 heavy (non-hydrogen) atoms. The first-order valence-corrected chi connectivity index (χ1v) is 10.4. The summed E-state index contributed by atoms with van der Waals surface area (Å²) in [7, 11) is 0. The second-order valence-electron chi connectivity index (χ2n) is 7.63. The van der Waals surface area contributed by atoms with Crippen LogP contribution in [0.3, 0.4) is 0 Å². The summed E-state index contributed by atoms with van der Waals surface area (Å²) in [5.41, 5.74) is 1.77. The summed E-state index contributed by atoms with van der Waals surface area (Å²) in [5.74, 6) is -2.88. The van der Waals surface area contributed by atoms with Gasteiger partial charge in [0.15, 0.2) is 17.3 Å². The Hall–Kier alpha value is -3.15. The van der Waals surface area contributed by atoms with Gasteiger partial charge in [0.2, 0.25) is 0 Å². The predicted octanol–water partition coefficient (Wildman–Crippen LogP) is 6.76. The number of ketones is 1. The second-order valence-corrected chi connectivity index (χ2v) is 7.63. The van der Waals surface area contributed by atoms with Crippen LogP contribution in [0.1, 0.15) is 45.1 Å². The van der Waals surface area contributed by atoms with Crippen molar-refractivity contribution in [3.63, 3.8) is 0 Å². The molecule has 0 amide bonds. The largest absolute Gasteiger partial charge is 0.491 e. The number of carbonyl (C=O) groups is 1. The summed E-state index contributed by atoms with van der Waals surface area (Å²) in [4.78, 5) is 12.6. The number of aryl methyl sites for hydroxylation is 3. The normalized spacial score (nSPS) is 11.4. The Kier molecular flexibility index (Phi) is 7.33. The van der Waals surface area contributed by atoms with E-state index in [2.05, 4.69) is 24.3 Å². The zero-order valence-electron chi connectivity index (χ0n) is 17.9. The van der Waals surface area contributed by atoms with Gasteiger partial charge in [-0.05, 0) is 55.5 Å². The molecule has 0 aliphatic carbocycles. The lowest BCUT2D eigenvalue weighted by Gasteiger charge is -2.16. The molecule has 0 unspecified atom stereocenters. The van der Waals surface area contributed by atoms with Gasteiger partial charge in [-0.25, -0.2) is 4.39 Å². The third kappa shape index (κ3) is 5.75. The molecule has 0 saturated heterocycles. The third-order valence-corrected chi connectivity index (χ3v) is 5.20. The van der Waals surface area contributed by atoms with Crippen molar-refractivity contribution in [3.05, 3.63) is 99.9 Å². The number of rotatable bonds is 8. The highest BCUT2D eigenvalue weighted by molar-refractivity contribution is 5.99. The highest BCUT2D eigenvalue weighted by Gasteiger charge is 2.40. The molecule has 0 aliphatic rings. The number of carbonyl (C=O) groups excluding carboxylic acids is 1. The van der Waals surface area contributed by atoms with Crippen molar-refractivity contribution in [1.82, 2.24) is 0 Å². The summed E-state index contributed by atoms with van der Waals surface area (Å²) < 4.78 is 59.8. The molecular weight excluding hydrogens is 420 g/mol. The first-order valence-electron chi connectivity index (χ1n) is 10.4. The molecule has 0 saturated carbocycles. The summed E-state index contributed by atoms with van der Waals surface area (Å²) >= 11 is 0. The number of benzene rings is 3. The van der Waals surface area contributed by atoms with Crippen molar-refractivity contribution in [2.24, 2.45) is 0 Å². The van der Waals surface area contributed by atoms with E-state index in [1.807, 2.05) is 19.1 Å². The molecule has 2 nitrogen and oxygen atoms in total. The topological polar surface area (TPSA) is 26.3 Å². The first-order chi connectivity index (χ1) is 15.2. The van der Waals surface area contributed by atoms with E-state index in [1.54, 1.807) is 12.1 Å². The third-order valence-electron chi connectivity index (χ3n) is 5.20. The fourth-order valence-electron chi connectivity index (χ4n) is 3.48. The molecule has 0 aromatic heterocycles. The maximum Gasteiger partial charge on any atom is 0.420 e. The van der Waals surface area contributed by atoms with Gasteiger partial charge in [0, 0.05) is 12.0 Å². The average molecular weight is 444 g/mol. The van der Waals surface area contributed by atoms with Crippen LogP contribution < -0.4 is 4.74 Å². The van der Waals surface area contributed by atoms with Gasteiger partial charge in [-0.1, -0.05) is 54.1 Å². The van der Waals surface area contributed by atoms with Gasteiger partial charge in [0.25, 0.3) is 0 Å². The lowest BCUT2D eigenvalue weighted by atomic mass is 9.96. The van der Waals surface area contributed by atoms with Crippen LogP contribution in [-0.2, 0) is 25.4 Å². The Labute approximate surface area is 184 Å². The summed E-state index contributed by atoms with van der Waals surface area (Å²) in [5, 5.41) is 0. The van der Waals surface area contributed by atoms with E-state index < -0.39 is 34.7 Å². The van der Waals surface area contributed by atoms with Crippen LogP contribution in [0.2, 0.25) is 0 Å². The standard InChI is InChI=1S/C26H24F4O2/c1-3-32-23-15-14-21(24(25(23)27)26(28,29)30)22(31)16-20-12-10-19(11-13-20)9-8-18-6-4-17(2)5-7-18/h4-7,10-15H,3,8-9,16H2,1-2H3. The van der Waals surface area contributed by atoms with Crippen molar-refractivity contribution in [2.75, 3.05) is 6.61 Å².